The summed E-state index contributed by atoms with van der Waals surface area (Å²) >= 11 is 12.1. The van der Waals surface area contributed by atoms with Gasteiger partial charge in [0.2, 0.25) is 11.8 Å². The normalized spacial score (nSPS) is 32.1. The van der Waals surface area contributed by atoms with Crippen molar-refractivity contribution in [2.24, 2.45) is 35.5 Å². The van der Waals surface area contributed by atoms with Gasteiger partial charge in [0.1, 0.15) is 0 Å². The van der Waals surface area contributed by atoms with E-state index in [0.29, 0.717) is 38.8 Å². The molecule has 6 atom stereocenters. The quantitative estimate of drug-likeness (QED) is 0.536. The van der Waals surface area contributed by atoms with Crippen molar-refractivity contribution < 1.29 is 14.4 Å². The highest BCUT2D eigenvalue weighted by molar-refractivity contribution is 6.36. The van der Waals surface area contributed by atoms with Gasteiger partial charge in [-0.05, 0) is 66.5 Å². The first kappa shape index (κ1) is 19.1. The largest absolute Gasteiger partial charge is 0.321 e. The van der Waals surface area contributed by atoms with Crippen molar-refractivity contribution in [3.8, 4) is 0 Å². The SMILES string of the molecule is O=C(Nc1cc(Cl)ccc1Cl)c1cccc(N2C(=O)[C@@H]3[C@H]4C=C[C@H]([C@H]5C[C@H]45)[C@@H]3C2=O)c1. The number of rotatable bonds is 3. The number of nitrogens with one attached hydrogen (secondary N) is 1. The van der Waals surface area contributed by atoms with E-state index in [1.807, 2.05) is 0 Å². The summed E-state index contributed by atoms with van der Waals surface area (Å²) in [5.74, 6) is 0.203. The Labute approximate surface area is 189 Å². The zero-order chi connectivity index (χ0) is 21.4. The molecular formula is C24H18Cl2N2O3. The summed E-state index contributed by atoms with van der Waals surface area (Å²) in [6.07, 6.45) is 5.41. The summed E-state index contributed by atoms with van der Waals surface area (Å²) in [5.41, 5.74) is 1.15. The molecule has 1 aliphatic heterocycles. The first-order valence-electron chi connectivity index (χ1n) is 10.4. The summed E-state index contributed by atoms with van der Waals surface area (Å²) in [7, 11) is 0. The second-order valence-electron chi connectivity index (χ2n) is 8.80. The summed E-state index contributed by atoms with van der Waals surface area (Å²) in [5, 5.41) is 3.55. The Morgan fingerprint density at radius 1 is 0.935 bits per heavy atom. The predicted molar refractivity (Wildman–Crippen MR) is 118 cm³/mol. The van der Waals surface area contributed by atoms with Gasteiger partial charge in [0.05, 0.1) is 28.2 Å². The third kappa shape index (κ3) is 2.80. The van der Waals surface area contributed by atoms with E-state index in [9.17, 15) is 14.4 Å². The van der Waals surface area contributed by atoms with E-state index < -0.39 is 5.91 Å². The fraction of sp³-hybridized carbons (Fsp3) is 0.292. The van der Waals surface area contributed by atoms with Crippen LogP contribution in [0.1, 0.15) is 16.8 Å². The highest BCUT2D eigenvalue weighted by atomic mass is 35.5. The van der Waals surface area contributed by atoms with Gasteiger partial charge in [-0.25, -0.2) is 4.90 Å². The third-order valence-electron chi connectivity index (χ3n) is 7.21. The Bertz CT molecular complexity index is 1160. The first-order valence-corrected chi connectivity index (χ1v) is 11.1. The molecule has 1 saturated heterocycles. The van der Waals surface area contributed by atoms with Crippen LogP contribution < -0.4 is 10.2 Å². The molecule has 4 aliphatic carbocycles. The van der Waals surface area contributed by atoms with Crippen molar-refractivity contribution in [1.82, 2.24) is 0 Å². The first-order chi connectivity index (χ1) is 14.9. The molecule has 2 aromatic carbocycles. The van der Waals surface area contributed by atoms with Gasteiger partial charge >= 0.3 is 0 Å². The second-order valence-corrected chi connectivity index (χ2v) is 9.64. The molecular weight excluding hydrogens is 435 g/mol. The van der Waals surface area contributed by atoms with Gasteiger partial charge in [-0.3, -0.25) is 14.4 Å². The van der Waals surface area contributed by atoms with Crippen LogP contribution in [0.15, 0.2) is 54.6 Å². The van der Waals surface area contributed by atoms with Crippen molar-refractivity contribution in [1.29, 1.82) is 0 Å². The van der Waals surface area contributed by atoms with E-state index >= 15 is 0 Å². The fourth-order valence-electron chi connectivity index (χ4n) is 5.79. The highest BCUT2D eigenvalue weighted by Gasteiger charge is 2.67. The molecule has 1 heterocycles. The molecule has 1 N–H and O–H groups in total. The Morgan fingerprint density at radius 3 is 2.29 bits per heavy atom. The minimum atomic E-state index is -0.398. The summed E-state index contributed by atoms with van der Waals surface area (Å²) in [6.45, 7) is 0. The van der Waals surface area contributed by atoms with Crippen LogP contribution in [0.5, 0.6) is 0 Å². The molecule has 7 heteroatoms. The minimum Gasteiger partial charge on any atom is -0.321 e. The van der Waals surface area contributed by atoms with E-state index in [1.165, 1.54) is 4.90 Å². The number of hydrogen-bond acceptors (Lipinski definition) is 3. The number of imide groups is 1. The molecule has 5 aliphatic rings. The van der Waals surface area contributed by atoms with Crippen LogP contribution in [0.2, 0.25) is 10.0 Å². The van der Waals surface area contributed by atoms with Crippen molar-refractivity contribution in [3.05, 3.63) is 70.2 Å². The van der Waals surface area contributed by atoms with Crippen molar-refractivity contribution in [2.75, 3.05) is 10.2 Å². The van der Waals surface area contributed by atoms with Crippen LogP contribution in [0.25, 0.3) is 0 Å². The maximum atomic E-state index is 13.3. The molecule has 7 rings (SSSR count). The molecule has 2 bridgehead atoms. The van der Waals surface area contributed by atoms with E-state index in [0.717, 1.165) is 6.42 Å². The van der Waals surface area contributed by atoms with Crippen LogP contribution in [0.4, 0.5) is 11.4 Å². The van der Waals surface area contributed by atoms with Crippen LogP contribution in [-0.4, -0.2) is 17.7 Å². The monoisotopic (exact) mass is 452 g/mol. The van der Waals surface area contributed by atoms with E-state index in [4.69, 9.17) is 23.2 Å². The smallest absolute Gasteiger partial charge is 0.255 e. The van der Waals surface area contributed by atoms with Crippen LogP contribution >= 0.6 is 23.2 Å². The van der Waals surface area contributed by atoms with Crippen molar-refractivity contribution >= 4 is 52.3 Å². The molecule has 3 amide bonds. The van der Waals surface area contributed by atoms with Gasteiger partial charge < -0.3 is 5.32 Å². The molecule has 0 unspecified atom stereocenters. The lowest BCUT2D eigenvalue weighted by atomic mass is 9.63. The number of allylic oxidation sites excluding steroid dienone is 2. The summed E-state index contributed by atoms with van der Waals surface area (Å²) in [4.78, 5) is 40.7. The van der Waals surface area contributed by atoms with Gasteiger partial charge in [0.15, 0.2) is 0 Å². The Morgan fingerprint density at radius 2 is 1.61 bits per heavy atom. The lowest BCUT2D eigenvalue weighted by Gasteiger charge is -2.37. The van der Waals surface area contributed by atoms with E-state index in [1.54, 1.807) is 42.5 Å². The molecule has 0 aromatic heterocycles. The lowest BCUT2D eigenvalue weighted by Crippen LogP contribution is -2.40. The average Bonchev–Trinajstić information content (AvgIpc) is 3.54. The molecule has 3 fully saturated rings. The Balaban J connectivity index is 1.29. The number of carbonyl (C=O) groups excluding carboxylic acids is 3. The number of halogens is 2. The van der Waals surface area contributed by atoms with Gasteiger partial charge in [-0.15, -0.1) is 0 Å². The van der Waals surface area contributed by atoms with Gasteiger partial charge in [-0.1, -0.05) is 41.4 Å². The maximum Gasteiger partial charge on any atom is 0.255 e. The Hall–Kier alpha value is -2.63. The standard InChI is InChI=1S/C24H18Cl2N2O3/c25-12-4-7-18(26)19(9-12)27-22(29)11-2-1-3-13(8-11)28-23(30)20-14-5-6-15(17-10-16(14)17)21(20)24(28)31/h1-9,14-17,20-21H,10H2,(H,27,29)/t14-,15+,16-,17-,20+,21-/m1/s1. The maximum absolute atomic E-state index is 13.3. The van der Waals surface area contributed by atoms with E-state index in [-0.39, 0.29) is 35.5 Å². The molecule has 0 spiro atoms. The van der Waals surface area contributed by atoms with Crippen molar-refractivity contribution in [3.63, 3.8) is 0 Å². The molecule has 5 nitrogen and oxygen atoms in total. The molecule has 2 saturated carbocycles. The summed E-state index contributed by atoms with van der Waals surface area (Å²) < 4.78 is 0. The zero-order valence-corrected chi connectivity index (χ0v) is 17.8. The number of benzene rings is 2. The average molecular weight is 453 g/mol. The lowest BCUT2D eigenvalue weighted by molar-refractivity contribution is -0.124. The Kier molecular flexibility index (Phi) is 4.11. The second kappa shape index (κ2) is 6.68. The van der Waals surface area contributed by atoms with Gasteiger partial charge in [-0.2, -0.15) is 0 Å². The number of hydrogen-bond donors (Lipinski definition) is 1. The molecule has 0 radical (unpaired) electrons. The fourth-order valence-corrected chi connectivity index (χ4v) is 6.12. The number of carbonyl (C=O) groups is 3. The minimum absolute atomic E-state index is 0.143. The van der Waals surface area contributed by atoms with Gasteiger partial charge in [0, 0.05) is 10.6 Å². The topological polar surface area (TPSA) is 66.5 Å². The number of amides is 3. The van der Waals surface area contributed by atoms with Crippen LogP contribution in [-0.2, 0) is 9.59 Å². The van der Waals surface area contributed by atoms with Crippen molar-refractivity contribution in [2.45, 2.75) is 6.42 Å². The zero-order valence-electron chi connectivity index (χ0n) is 16.3. The molecule has 2 aromatic rings. The molecule has 31 heavy (non-hydrogen) atoms. The van der Waals surface area contributed by atoms with Crippen LogP contribution in [0, 0.1) is 35.5 Å². The van der Waals surface area contributed by atoms with Crippen LogP contribution in [0.3, 0.4) is 0 Å². The predicted octanol–water partition coefficient (Wildman–Crippen LogP) is 4.80. The van der Waals surface area contributed by atoms with E-state index in [2.05, 4.69) is 17.5 Å². The third-order valence-corrected chi connectivity index (χ3v) is 7.77. The molecule has 156 valence electrons. The highest BCUT2D eigenvalue weighted by Crippen LogP contribution is 2.65. The van der Waals surface area contributed by atoms with Gasteiger partial charge in [0.25, 0.3) is 5.91 Å². The number of nitrogens with zero attached hydrogens (tertiary/aromatic N) is 1. The summed E-state index contributed by atoms with van der Waals surface area (Å²) in [6, 6.07) is 11.4. The number of anilines is 2.